The van der Waals surface area contributed by atoms with Gasteiger partial charge in [-0.05, 0) is 32.4 Å². The Balaban J connectivity index is 1.62. The molecule has 0 atom stereocenters. The molecule has 4 rings (SSSR count). The van der Waals surface area contributed by atoms with Crippen LogP contribution in [0.15, 0.2) is 36.4 Å². The number of fused-ring (bicyclic) bond motifs is 1. The summed E-state index contributed by atoms with van der Waals surface area (Å²) in [6.45, 7) is 5.68. The van der Waals surface area contributed by atoms with Crippen LogP contribution in [-0.2, 0) is 11.2 Å². The maximum atomic E-state index is 12.7. The number of rotatable bonds is 5. The lowest BCUT2D eigenvalue weighted by atomic mass is 10.0. The van der Waals surface area contributed by atoms with Crippen LogP contribution in [0.25, 0.3) is 16.9 Å². The fourth-order valence-electron chi connectivity index (χ4n) is 3.42. The summed E-state index contributed by atoms with van der Waals surface area (Å²) in [4.78, 5) is 34.4. The number of amides is 2. The standard InChI is InChI=1S/C21H20N6O2S/c1-11-9-12(2)27-21(23-11)24-15(26-27)10-16(28)25-20-18(19(22)29)17(13(3)30-20)14-7-5-4-6-8-14/h4-9H,10H2,1-3H3,(H2,22,29)(H,25,28). The van der Waals surface area contributed by atoms with Crippen LogP contribution in [0.3, 0.4) is 0 Å². The number of aryl methyl sites for hydroxylation is 3. The molecule has 8 nitrogen and oxygen atoms in total. The highest BCUT2D eigenvalue weighted by Gasteiger charge is 2.23. The molecule has 3 N–H and O–H groups in total. The number of thiophene rings is 1. The molecule has 0 unspecified atom stereocenters. The van der Waals surface area contributed by atoms with E-state index in [4.69, 9.17) is 5.73 Å². The van der Waals surface area contributed by atoms with E-state index in [1.807, 2.05) is 57.2 Å². The van der Waals surface area contributed by atoms with E-state index < -0.39 is 5.91 Å². The van der Waals surface area contributed by atoms with E-state index >= 15 is 0 Å². The minimum absolute atomic E-state index is 0.0440. The number of anilines is 1. The molecule has 9 heteroatoms. The Morgan fingerprint density at radius 3 is 2.57 bits per heavy atom. The maximum absolute atomic E-state index is 12.7. The van der Waals surface area contributed by atoms with Gasteiger partial charge in [-0.3, -0.25) is 9.59 Å². The Kier molecular flexibility index (Phi) is 5.04. The van der Waals surface area contributed by atoms with Crippen molar-refractivity contribution < 1.29 is 9.59 Å². The molecule has 0 bridgehead atoms. The van der Waals surface area contributed by atoms with Crippen molar-refractivity contribution in [1.29, 1.82) is 0 Å². The minimum Gasteiger partial charge on any atom is -0.365 e. The lowest BCUT2D eigenvalue weighted by Crippen LogP contribution is -2.19. The van der Waals surface area contributed by atoms with Gasteiger partial charge < -0.3 is 11.1 Å². The highest BCUT2D eigenvalue weighted by molar-refractivity contribution is 7.17. The van der Waals surface area contributed by atoms with Crippen molar-refractivity contribution in [2.45, 2.75) is 27.2 Å². The summed E-state index contributed by atoms with van der Waals surface area (Å²) in [5.41, 5.74) is 9.30. The van der Waals surface area contributed by atoms with Gasteiger partial charge in [-0.15, -0.1) is 16.4 Å². The number of carbonyl (C=O) groups is 2. The zero-order chi connectivity index (χ0) is 21.4. The van der Waals surface area contributed by atoms with E-state index in [9.17, 15) is 9.59 Å². The highest BCUT2D eigenvalue weighted by Crippen LogP contribution is 2.39. The second-order valence-electron chi connectivity index (χ2n) is 6.97. The summed E-state index contributed by atoms with van der Waals surface area (Å²) in [6, 6.07) is 11.4. The summed E-state index contributed by atoms with van der Waals surface area (Å²) in [5, 5.41) is 7.60. The molecule has 0 saturated carbocycles. The predicted molar refractivity (Wildman–Crippen MR) is 116 cm³/mol. The highest BCUT2D eigenvalue weighted by atomic mass is 32.1. The number of nitrogens with zero attached hydrogens (tertiary/aromatic N) is 4. The number of carbonyl (C=O) groups excluding carboxylic acids is 2. The second-order valence-corrected chi connectivity index (χ2v) is 8.20. The van der Waals surface area contributed by atoms with E-state index in [-0.39, 0.29) is 12.3 Å². The van der Waals surface area contributed by atoms with E-state index in [2.05, 4.69) is 20.4 Å². The molecule has 0 fully saturated rings. The summed E-state index contributed by atoms with van der Waals surface area (Å²) in [7, 11) is 0. The van der Waals surface area contributed by atoms with Crippen molar-refractivity contribution in [3.63, 3.8) is 0 Å². The third kappa shape index (κ3) is 3.67. The number of hydrogen-bond acceptors (Lipinski definition) is 6. The van der Waals surface area contributed by atoms with Crippen LogP contribution in [-0.4, -0.2) is 31.4 Å². The van der Waals surface area contributed by atoms with Gasteiger partial charge in [0.1, 0.15) is 5.00 Å². The first-order valence-corrected chi connectivity index (χ1v) is 10.1. The molecule has 0 radical (unpaired) electrons. The van der Waals surface area contributed by atoms with Crippen LogP contribution in [0.5, 0.6) is 0 Å². The largest absolute Gasteiger partial charge is 0.365 e. The molecule has 3 aromatic heterocycles. The zero-order valence-corrected chi connectivity index (χ0v) is 17.6. The van der Waals surface area contributed by atoms with Gasteiger partial charge in [0.25, 0.3) is 11.7 Å². The second kappa shape index (κ2) is 7.68. The van der Waals surface area contributed by atoms with Crippen LogP contribution in [0, 0.1) is 20.8 Å². The van der Waals surface area contributed by atoms with Crippen LogP contribution in [0.1, 0.15) is 32.4 Å². The molecule has 3 heterocycles. The van der Waals surface area contributed by atoms with Crippen LogP contribution in [0.2, 0.25) is 0 Å². The van der Waals surface area contributed by atoms with Crippen molar-refractivity contribution in [3.8, 4) is 11.1 Å². The fourth-order valence-corrected chi connectivity index (χ4v) is 4.52. The monoisotopic (exact) mass is 420 g/mol. The normalized spacial score (nSPS) is 11.0. The average Bonchev–Trinajstić information content (AvgIpc) is 3.22. The van der Waals surface area contributed by atoms with Gasteiger partial charge in [-0.2, -0.15) is 4.98 Å². The minimum atomic E-state index is -0.588. The molecule has 0 aliphatic rings. The average molecular weight is 420 g/mol. The maximum Gasteiger partial charge on any atom is 0.252 e. The number of primary amides is 1. The van der Waals surface area contributed by atoms with Crippen LogP contribution >= 0.6 is 11.3 Å². The third-order valence-corrected chi connectivity index (χ3v) is 5.65. The van der Waals surface area contributed by atoms with Gasteiger partial charge in [0.15, 0.2) is 5.82 Å². The summed E-state index contributed by atoms with van der Waals surface area (Å²) >= 11 is 1.32. The van der Waals surface area contributed by atoms with Crippen molar-refractivity contribution in [3.05, 3.63) is 64.1 Å². The molecule has 30 heavy (non-hydrogen) atoms. The van der Waals surface area contributed by atoms with Gasteiger partial charge in [0.2, 0.25) is 5.91 Å². The Labute approximate surface area is 176 Å². The SMILES string of the molecule is Cc1cc(C)n2nc(CC(=O)Nc3sc(C)c(-c4ccccc4)c3C(N)=O)nc2n1. The lowest BCUT2D eigenvalue weighted by Gasteiger charge is -2.06. The summed E-state index contributed by atoms with van der Waals surface area (Å²) < 4.78 is 1.60. The topological polar surface area (TPSA) is 115 Å². The Morgan fingerprint density at radius 2 is 1.87 bits per heavy atom. The molecule has 4 aromatic rings. The number of aromatic nitrogens is 4. The molecular weight excluding hydrogens is 400 g/mol. The van der Waals surface area contributed by atoms with Gasteiger partial charge in [-0.25, -0.2) is 9.50 Å². The molecule has 1 aromatic carbocycles. The van der Waals surface area contributed by atoms with Crippen LogP contribution in [0.4, 0.5) is 5.00 Å². The number of nitrogens with two attached hydrogens (primary N) is 1. The number of benzene rings is 1. The molecule has 0 spiro atoms. The lowest BCUT2D eigenvalue weighted by molar-refractivity contribution is -0.115. The molecule has 152 valence electrons. The third-order valence-electron chi connectivity index (χ3n) is 4.63. The first-order valence-electron chi connectivity index (χ1n) is 9.32. The van der Waals surface area contributed by atoms with Crippen LogP contribution < -0.4 is 11.1 Å². The molecule has 0 saturated heterocycles. The molecule has 0 aliphatic carbocycles. The number of nitrogens with one attached hydrogen (secondary N) is 1. The fraction of sp³-hybridized carbons (Fsp3) is 0.190. The Bertz CT molecular complexity index is 1280. The first kappa shape index (κ1) is 19.7. The van der Waals surface area contributed by atoms with Gasteiger partial charge >= 0.3 is 0 Å². The number of hydrogen-bond donors (Lipinski definition) is 2. The first-order chi connectivity index (χ1) is 14.3. The quantitative estimate of drug-likeness (QED) is 0.515. The molecular formula is C21H20N6O2S. The molecule has 2 amide bonds. The smallest absolute Gasteiger partial charge is 0.252 e. The van der Waals surface area contributed by atoms with Gasteiger partial charge in [0.05, 0.1) is 12.0 Å². The van der Waals surface area contributed by atoms with Gasteiger partial charge in [0, 0.05) is 21.8 Å². The van der Waals surface area contributed by atoms with E-state index in [0.717, 1.165) is 27.4 Å². The van der Waals surface area contributed by atoms with Crippen molar-refractivity contribution in [2.75, 3.05) is 5.32 Å². The summed E-state index contributed by atoms with van der Waals surface area (Å²) in [5.74, 6) is -0.115. The predicted octanol–water partition coefficient (Wildman–Crippen LogP) is 3.06. The Hall–Kier alpha value is -3.59. The van der Waals surface area contributed by atoms with E-state index in [0.29, 0.717) is 22.2 Å². The van der Waals surface area contributed by atoms with Crippen molar-refractivity contribution in [1.82, 2.24) is 19.6 Å². The molecule has 0 aliphatic heterocycles. The Morgan fingerprint density at radius 1 is 1.13 bits per heavy atom. The van der Waals surface area contributed by atoms with Gasteiger partial charge in [-0.1, -0.05) is 30.3 Å². The zero-order valence-electron chi connectivity index (χ0n) is 16.8. The summed E-state index contributed by atoms with van der Waals surface area (Å²) in [6.07, 6.45) is -0.0440. The van der Waals surface area contributed by atoms with Crippen molar-refractivity contribution in [2.24, 2.45) is 5.73 Å². The van der Waals surface area contributed by atoms with E-state index in [1.165, 1.54) is 11.3 Å². The van der Waals surface area contributed by atoms with E-state index in [1.54, 1.807) is 4.52 Å². The van der Waals surface area contributed by atoms with Crippen molar-refractivity contribution >= 4 is 33.9 Å².